The van der Waals surface area contributed by atoms with E-state index in [-0.39, 0.29) is 5.78 Å². The van der Waals surface area contributed by atoms with Gasteiger partial charge in [-0.2, -0.15) is 5.26 Å². The van der Waals surface area contributed by atoms with Crippen molar-refractivity contribution in [3.05, 3.63) is 58.6 Å². The highest BCUT2D eigenvalue weighted by atomic mass is 32.1. The number of hydrogen-bond acceptors (Lipinski definition) is 5. The van der Waals surface area contributed by atoms with E-state index in [2.05, 4.69) is 9.97 Å². The Morgan fingerprint density at radius 3 is 2.96 bits per heavy atom. The van der Waals surface area contributed by atoms with E-state index >= 15 is 0 Å². The molecular formula is C17H14N4OS. The molecule has 3 rings (SSSR count). The number of rotatable bonds is 4. The Labute approximate surface area is 137 Å². The Morgan fingerprint density at radius 2 is 2.26 bits per heavy atom. The smallest absolute Gasteiger partial charge is 0.194 e. The van der Waals surface area contributed by atoms with Crippen molar-refractivity contribution in [1.29, 1.82) is 5.26 Å². The zero-order valence-corrected chi connectivity index (χ0v) is 13.5. The average molecular weight is 322 g/mol. The second-order valence-electron chi connectivity index (χ2n) is 5.13. The van der Waals surface area contributed by atoms with Crippen molar-refractivity contribution in [2.24, 2.45) is 0 Å². The quantitative estimate of drug-likeness (QED) is 0.691. The summed E-state index contributed by atoms with van der Waals surface area (Å²) in [5.41, 5.74) is 2.17. The van der Waals surface area contributed by atoms with Crippen molar-refractivity contribution < 1.29 is 4.79 Å². The van der Waals surface area contributed by atoms with Gasteiger partial charge in [0.1, 0.15) is 0 Å². The molecule has 1 atom stereocenters. The van der Waals surface area contributed by atoms with E-state index in [1.807, 2.05) is 30.5 Å². The molecule has 0 spiro atoms. The molecule has 3 aromatic rings. The Hall–Kier alpha value is -2.78. The predicted octanol–water partition coefficient (Wildman–Crippen LogP) is 3.30. The summed E-state index contributed by atoms with van der Waals surface area (Å²) in [6, 6.07) is 7.22. The number of nitriles is 1. The molecule has 0 aliphatic carbocycles. The monoisotopic (exact) mass is 322 g/mol. The number of hydrogen-bond donors (Lipinski definition) is 0. The molecule has 0 saturated heterocycles. The van der Waals surface area contributed by atoms with Crippen LogP contribution in [0.1, 0.15) is 27.9 Å². The molecule has 1 unspecified atom stereocenters. The normalized spacial score (nSPS) is 12.6. The van der Waals surface area contributed by atoms with E-state index in [1.54, 1.807) is 41.8 Å². The molecule has 23 heavy (non-hydrogen) atoms. The molecule has 0 saturated carbocycles. The van der Waals surface area contributed by atoms with E-state index in [4.69, 9.17) is 0 Å². The molecule has 0 bridgehead atoms. The van der Waals surface area contributed by atoms with Gasteiger partial charge in [0, 0.05) is 17.3 Å². The number of pyridine rings is 1. The highest BCUT2D eigenvalue weighted by molar-refractivity contribution is 7.17. The number of thiazole rings is 1. The summed E-state index contributed by atoms with van der Waals surface area (Å²) in [6.07, 6.45) is 6.73. The van der Waals surface area contributed by atoms with E-state index in [9.17, 15) is 10.1 Å². The van der Waals surface area contributed by atoms with Crippen molar-refractivity contribution >= 4 is 28.2 Å². The Bertz CT molecular complexity index is 931. The molecule has 6 heteroatoms. The van der Waals surface area contributed by atoms with Crippen LogP contribution in [0.25, 0.3) is 11.0 Å². The van der Waals surface area contributed by atoms with Crippen molar-refractivity contribution in [1.82, 2.24) is 14.4 Å². The Balaban J connectivity index is 1.90. The molecule has 0 aliphatic rings. The summed E-state index contributed by atoms with van der Waals surface area (Å²) in [4.78, 5) is 23.0. The summed E-state index contributed by atoms with van der Waals surface area (Å²) in [5.74, 6) is -1.17. The SMILES string of the molecule is Cc1cn2c(/C=C/C(=O)C(C#N)c3ccccn3)c(C)nc2s1. The molecule has 0 aromatic carbocycles. The molecule has 0 N–H and O–H groups in total. The Kier molecular flexibility index (Phi) is 4.04. The largest absolute Gasteiger partial charge is 0.293 e. The number of aromatic nitrogens is 3. The second-order valence-corrected chi connectivity index (χ2v) is 6.34. The van der Waals surface area contributed by atoms with E-state index < -0.39 is 5.92 Å². The molecule has 0 fully saturated rings. The maximum Gasteiger partial charge on any atom is 0.194 e. The lowest BCUT2D eigenvalue weighted by atomic mass is 10.0. The number of carbonyl (C=O) groups excluding carboxylic acids is 1. The minimum Gasteiger partial charge on any atom is -0.293 e. The highest BCUT2D eigenvalue weighted by Crippen LogP contribution is 2.22. The van der Waals surface area contributed by atoms with Crippen LogP contribution in [-0.2, 0) is 4.79 Å². The van der Waals surface area contributed by atoms with Gasteiger partial charge in [-0.3, -0.25) is 14.2 Å². The first-order valence-electron chi connectivity index (χ1n) is 7.07. The van der Waals surface area contributed by atoms with Gasteiger partial charge in [-0.1, -0.05) is 6.07 Å². The van der Waals surface area contributed by atoms with Crippen LogP contribution in [0.3, 0.4) is 0 Å². The summed E-state index contributed by atoms with van der Waals surface area (Å²) >= 11 is 1.60. The van der Waals surface area contributed by atoms with Gasteiger partial charge in [-0.15, -0.1) is 11.3 Å². The Morgan fingerprint density at radius 1 is 1.43 bits per heavy atom. The average Bonchev–Trinajstić information content (AvgIpc) is 3.02. The molecule has 0 radical (unpaired) electrons. The lowest BCUT2D eigenvalue weighted by Gasteiger charge is -2.03. The fourth-order valence-electron chi connectivity index (χ4n) is 2.36. The minimum atomic E-state index is -0.889. The van der Waals surface area contributed by atoms with Gasteiger partial charge in [-0.25, -0.2) is 4.98 Å². The number of fused-ring (bicyclic) bond motifs is 1. The van der Waals surface area contributed by atoms with Crippen LogP contribution < -0.4 is 0 Å². The van der Waals surface area contributed by atoms with Crippen LogP contribution in [0.4, 0.5) is 0 Å². The van der Waals surface area contributed by atoms with Gasteiger partial charge in [0.2, 0.25) is 0 Å². The van der Waals surface area contributed by atoms with Crippen molar-refractivity contribution in [2.45, 2.75) is 19.8 Å². The van der Waals surface area contributed by atoms with Crippen molar-refractivity contribution in [3.63, 3.8) is 0 Å². The lowest BCUT2D eigenvalue weighted by molar-refractivity contribution is -0.114. The predicted molar refractivity (Wildman–Crippen MR) is 89.2 cm³/mol. The van der Waals surface area contributed by atoms with Crippen LogP contribution >= 0.6 is 11.3 Å². The molecule has 0 aliphatic heterocycles. The van der Waals surface area contributed by atoms with Gasteiger partial charge >= 0.3 is 0 Å². The van der Waals surface area contributed by atoms with Gasteiger partial charge in [-0.05, 0) is 38.1 Å². The minimum absolute atomic E-state index is 0.285. The van der Waals surface area contributed by atoms with Gasteiger partial charge in [0.05, 0.1) is 23.2 Å². The number of imidazole rings is 1. The molecule has 5 nitrogen and oxygen atoms in total. The van der Waals surface area contributed by atoms with Crippen LogP contribution in [-0.4, -0.2) is 20.2 Å². The summed E-state index contributed by atoms with van der Waals surface area (Å²) < 4.78 is 1.96. The van der Waals surface area contributed by atoms with Crippen molar-refractivity contribution in [2.75, 3.05) is 0 Å². The van der Waals surface area contributed by atoms with Crippen LogP contribution in [0.5, 0.6) is 0 Å². The number of ketones is 1. The maximum atomic E-state index is 12.3. The van der Waals surface area contributed by atoms with E-state index in [0.29, 0.717) is 5.69 Å². The zero-order valence-electron chi connectivity index (χ0n) is 12.7. The molecule has 114 valence electrons. The van der Waals surface area contributed by atoms with E-state index in [1.165, 1.54) is 6.08 Å². The lowest BCUT2D eigenvalue weighted by Crippen LogP contribution is -2.09. The van der Waals surface area contributed by atoms with Crippen LogP contribution in [0.15, 0.2) is 36.7 Å². The molecule has 3 aromatic heterocycles. The first-order valence-corrected chi connectivity index (χ1v) is 7.89. The van der Waals surface area contributed by atoms with Crippen LogP contribution in [0.2, 0.25) is 0 Å². The fourth-order valence-corrected chi connectivity index (χ4v) is 3.24. The van der Waals surface area contributed by atoms with Gasteiger partial charge < -0.3 is 0 Å². The zero-order chi connectivity index (χ0) is 16.4. The van der Waals surface area contributed by atoms with Gasteiger partial charge in [0.15, 0.2) is 16.7 Å². The number of allylic oxidation sites excluding steroid dienone is 1. The fraction of sp³-hybridized carbons (Fsp3) is 0.176. The number of nitrogens with zero attached hydrogens (tertiary/aromatic N) is 4. The van der Waals surface area contributed by atoms with Crippen molar-refractivity contribution in [3.8, 4) is 6.07 Å². The topological polar surface area (TPSA) is 71.0 Å². The summed E-state index contributed by atoms with van der Waals surface area (Å²) in [5, 5.41) is 9.28. The molecular weight excluding hydrogens is 308 g/mol. The highest BCUT2D eigenvalue weighted by Gasteiger charge is 2.19. The third kappa shape index (κ3) is 2.91. The first-order chi connectivity index (χ1) is 11.1. The number of carbonyl (C=O) groups is 1. The molecule has 0 amide bonds. The standard InChI is InChI=1S/C17H14N4OS/c1-11-10-21-15(12(2)20-17(21)23-11)6-7-16(22)13(9-18)14-5-3-4-8-19-14/h3-8,10,13H,1-2H3/b7-6+. The third-order valence-electron chi connectivity index (χ3n) is 3.47. The second kappa shape index (κ2) is 6.15. The van der Waals surface area contributed by atoms with Gasteiger partial charge in [0.25, 0.3) is 0 Å². The summed E-state index contributed by atoms with van der Waals surface area (Å²) in [6.45, 7) is 3.92. The maximum absolute atomic E-state index is 12.3. The van der Waals surface area contributed by atoms with Crippen LogP contribution in [0, 0.1) is 25.2 Å². The number of aryl methyl sites for hydroxylation is 2. The van der Waals surface area contributed by atoms with E-state index in [0.717, 1.165) is 21.2 Å². The summed E-state index contributed by atoms with van der Waals surface area (Å²) in [7, 11) is 0. The molecule has 3 heterocycles. The first kappa shape index (κ1) is 15.1. The third-order valence-corrected chi connectivity index (χ3v) is 4.36.